The van der Waals surface area contributed by atoms with E-state index in [1.807, 2.05) is 6.07 Å². The lowest BCUT2D eigenvalue weighted by Gasteiger charge is -2.04. The summed E-state index contributed by atoms with van der Waals surface area (Å²) >= 11 is 3.07. The largest absolute Gasteiger partial charge is 0.293 e. The van der Waals surface area contributed by atoms with Crippen molar-refractivity contribution in [3.05, 3.63) is 34.1 Å². The Morgan fingerprint density at radius 1 is 1.64 bits per heavy atom. The average Bonchev–Trinajstić information content (AvgIpc) is 2.15. The third-order valence-corrected chi connectivity index (χ3v) is 2.44. The molecule has 0 aliphatic carbocycles. The van der Waals surface area contributed by atoms with Crippen molar-refractivity contribution in [3.63, 3.8) is 0 Å². The van der Waals surface area contributed by atoms with Crippen LogP contribution in [0.25, 0.3) is 0 Å². The molecule has 14 heavy (non-hydrogen) atoms. The zero-order chi connectivity index (χ0) is 10.7. The Labute approximate surface area is 89.5 Å². The van der Waals surface area contributed by atoms with Gasteiger partial charge in [-0.05, 0) is 41.1 Å². The zero-order valence-corrected chi connectivity index (χ0v) is 9.01. The number of Topliss-reactive ketones (excluding diaryl/α,β-unsaturated/α-hetero) is 1. The number of ketones is 1. The van der Waals surface area contributed by atoms with E-state index in [2.05, 4.69) is 15.9 Å². The Kier molecular flexibility index (Phi) is 3.37. The summed E-state index contributed by atoms with van der Waals surface area (Å²) < 4.78 is 13.1. The summed E-state index contributed by atoms with van der Waals surface area (Å²) in [6.07, 6.45) is 0. The third kappa shape index (κ3) is 2.18. The molecule has 0 saturated carbocycles. The molecule has 1 aromatic carbocycles. The van der Waals surface area contributed by atoms with Crippen LogP contribution < -0.4 is 0 Å². The number of halogens is 2. The maximum absolute atomic E-state index is 12.7. The first-order valence-corrected chi connectivity index (χ1v) is 4.74. The van der Waals surface area contributed by atoms with Gasteiger partial charge < -0.3 is 0 Å². The fourth-order valence-electron chi connectivity index (χ4n) is 0.981. The van der Waals surface area contributed by atoms with E-state index in [0.29, 0.717) is 10.0 Å². The molecule has 1 unspecified atom stereocenters. The SMILES string of the molecule is CC(C#N)C(=O)c1ccc(F)cc1Br. The number of nitriles is 1. The Bertz CT molecular complexity index is 411. The van der Waals surface area contributed by atoms with Gasteiger partial charge in [0.15, 0.2) is 5.78 Å². The summed E-state index contributed by atoms with van der Waals surface area (Å²) in [5, 5.41) is 8.55. The van der Waals surface area contributed by atoms with E-state index < -0.39 is 11.7 Å². The van der Waals surface area contributed by atoms with Crippen LogP contribution in [-0.2, 0) is 0 Å². The average molecular weight is 256 g/mol. The Morgan fingerprint density at radius 3 is 2.79 bits per heavy atom. The van der Waals surface area contributed by atoms with Gasteiger partial charge in [-0.25, -0.2) is 4.39 Å². The summed E-state index contributed by atoms with van der Waals surface area (Å²) in [5.41, 5.74) is 0.334. The molecule has 0 aliphatic heterocycles. The van der Waals surface area contributed by atoms with Crippen LogP contribution in [0.1, 0.15) is 17.3 Å². The minimum atomic E-state index is -0.711. The van der Waals surface area contributed by atoms with Gasteiger partial charge in [0.05, 0.1) is 6.07 Å². The lowest BCUT2D eigenvalue weighted by atomic mass is 10.0. The van der Waals surface area contributed by atoms with E-state index in [1.165, 1.54) is 25.1 Å². The van der Waals surface area contributed by atoms with Crippen molar-refractivity contribution in [2.24, 2.45) is 5.92 Å². The zero-order valence-electron chi connectivity index (χ0n) is 7.42. The molecule has 0 N–H and O–H groups in total. The smallest absolute Gasteiger partial charge is 0.180 e. The highest BCUT2D eigenvalue weighted by atomic mass is 79.9. The first-order valence-electron chi connectivity index (χ1n) is 3.95. The molecule has 2 nitrogen and oxygen atoms in total. The molecule has 1 atom stereocenters. The van der Waals surface area contributed by atoms with Crippen molar-refractivity contribution >= 4 is 21.7 Å². The van der Waals surface area contributed by atoms with Crippen LogP contribution in [-0.4, -0.2) is 5.78 Å². The monoisotopic (exact) mass is 255 g/mol. The second-order valence-electron chi connectivity index (χ2n) is 2.84. The lowest BCUT2D eigenvalue weighted by molar-refractivity contribution is 0.0956. The molecular weight excluding hydrogens is 249 g/mol. The van der Waals surface area contributed by atoms with E-state index >= 15 is 0 Å². The molecule has 0 radical (unpaired) electrons. The molecule has 4 heteroatoms. The molecule has 0 aliphatic rings. The maximum atomic E-state index is 12.7. The summed E-state index contributed by atoms with van der Waals surface area (Å²) in [6.45, 7) is 1.51. The van der Waals surface area contributed by atoms with Crippen LogP contribution in [0.5, 0.6) is 0 Å². The fourth-order valence-corrected chi connectivity index (χ4v) is 1.53. The van der Waals surface area contributed by atoms with Gasteiger partial charge >= 0.3 is 0 Å². The molecule has 0 spiro atoms. The van der Waals surface area contributed by atoms with Crippen LogP contribution in [0, 0.1) is 23.1 Å². The summed E-state index contributed by atoms with van der Waals surface area (Å²) in [7, 11) is 0. The number of carbonyl (C=O) groups excluding carboxylic acids is 1. The maximum Gasteiger partial charge on any atom is 0.180 e. The lowest BCUT2D eigenvalue weighted by Crippen LogP contribution is -2.09. The summed E-state index contributed by atoms with van der Waals surface area (Å²) in [5.74, 6) is -1.44. The Balaban J connectivity index is 3.09. The number of benzene rings is 1. The summed E-state index contributed by atoms with van der Waals surface area (Å²) in [6, 6.07) is 5.61. The van der Waals surface area contributed by atoms with Crippen molar-refractivity contribution < 1.29 is 9.18 Å². The number of carbonyl (C=O) groups is 1. The van der Waals surface area contributed by atoms with Gasteiger partial charge in [-0.15, -0.1) is 0 Å². The van der Waals surface area contributed by atoms with E-state index in [4.69, 9.17) is 5.26 Å². The number of nitrogens with zero attached hydrogens (tertiary/aromatic N) is 1. The minimum absolute atomic E-state index is 0.306. The van der Waals surface area contributed by atoms with E-state index in [1.54, 1.807) is 0 Å². The van der Waals surface area contributed by atoms with Gasteiger partial charge in [0, 0.05) is 10.0 Å². The predicted molar refractivity (Wildman–Crippen MR) is 53.2 cm³/mol. The fraction of sp³-hybridized carbons (Fsp3) is 0.200. The molecule has 0 amide bonds. The highest BCUT2D eigenvalue weighted by molar-refractivity contribution is 9.10. The molecular formula is C10H7BrFNO. The van der Waals surface area contributed by atoms with Gasteiger partial charge in [0.25, 0.3) is 0 Å². The standard InChI is InChI=1S/C10H7BrFNO/c1-6(5-13)10(14)8-3-2-7(12)4-9(8)11/h2-4,6H,1H3. The second-order valence-corrected chi connectivity index (χ2v) is 3.69. The molecule has 0 aromatic heterocycles. The van der Waals surface area contributed by atoms with Crippen LogP contribution in [0.3, 0.4) is 0 Å². The van der Waals surface area contributed by atoms with Crippen molar-refractivity contribution in [3.8, 4) is 6.07 Å². The van der Waals surface area contributed by atoms with E-state index in [9.17, 15) is 9.18 Å². The quantitative estimate of drug-likeness (QED) is 0.763. The minimum Gasteiger partial charge on any atom is -0.293 e. The predicted octanol–water partition coefficient (Wildman–Crippen LogP) is 2.93. The topological polar surface area (TPSA) is 40.9 Å². The van der Waals surface area contributed by atoms with Crippen LogP contribution >= 0.6 is 15.9 Å². The molecule has 0 heterocycles. The van der Waals surface area contributed by atoms with E-state index in [0.717, 1.165) is 0 Å². The van der Waals surface area contributed by atoms with Gasteiger partial charge in [-0.1, -0.05) is 0 Å². The number of rotatable bonds is 2. The Hall–Kier alpha value is -1.21. The Morgan fingerprint density at radius 2 is 2.29 bits per heavy atom. The highest BCUT2D eigenvalue weighted by Gasteiger charge is 2.17. The van der Waals surface area contributed by atoms with Crippen molar-refractivity contribution in [2.75, 3.05) is 0 Å². The number of hydrogen-bond donors (Lipinski definition) is 0. The second kappa shape index (κ2) is 4.34. The van der Waals surface area contributed by atoms with Crippen molar-refractivity contribution in [1.82, 2.24) is 0 Å². The third-order valence-electron chi connectivity index (χ3n) is 1.78. The first kappa shape index (κ1) is 10.9. The molecule has 0 saturated heterocycles. The van der Waals surface area contributed by atoms with Crippen LogP contribution in [0.4, 0.5) is 4.39 Å². The van der Waals surface area contributed by atoms with Crippen LogP contribution in [0.2, 0.25) is 0 Å². The van der Waals surface area contributed by atoms with Gasteiger partial charge in [-0.2, -0.15) is 5.26 Å². The van der Waals surface area contributed by atoms with E-state index in [-0.39, 0.29) is 5.78 Å². The summed E-state index contributed by atoms with van der Waals surface area (Å²) in [4.78, 5) is 11.5. The highest BCUT2D eigenvalue weighted by Crippen LogP contribution is 2.20. The normalized spacial score (nSPS) is 11.9. The first-order chi connectivity index (χ1) is 6.56. The molecule has 1 rings (SSSR count). The van der Waals surface area contributed by atoms with Gasteiger partial charge in [0.1, 0.15) is 11.7 Å². The van der Waals surface area contributed by atoms with Gasteiger partial charge in [0.2, 0.25) is 0 Å². The van der Waals surface area contributed by atoms with Crippen LogP contribution in [0.15, 0.2) is 22.7 Å². The van der Waals surface area contributed by atoms with Gasteiger partial charge in [-0.3, -0.25) is 4.79 Å². The van der Waals surface area contributed by atoms with Crippen molar-refractivity contribution in [1.29, 1.82) is 5.26 Å². The van der Waals surface area contributed by atoms with Crippen molar-refractivity contribution in [2.45, 2.75) is 6.92 Å². The number of hydrogen-bond acceptors (Lipinski definition) is 2. The molecule has 0 fully saturated rings. The molecule has 1 aromatic rings. The molecule has 0 bridgehead atoms. The molecule has 72 valence electrons.